The normalized spacial score (nSPS) is 25.9. The van der Waals surface area contributed by atoms with Gasteiger partial charge in [-0.15, -0.1) is 0 Å². The maximum absolute atomic E-state index is 9.74. The number of nitrogens with one attached hydrogen (secondary N) is 1. The Bertz CT molecular complexity index is 415. The van der Waals surface area contributed by atoms with Gasteiger partial charge in [-0.3, -0.25) is 0 Å². The average Bonchev–Trinajstić information content (AvgIpc) is 2.36. The first-order valence-electron chi connectivity index (χ1n) is 6.92. The summed E-state index contributed by atoms with van der Waals surface area (Å²) in [5, 5.41) is 13.3. The Balaban J connectivity index is 1.55. The van der Waals surface area contributed by atoms with E-state index in [1.165, 1.54) is 19.3 Å². The fraction of sp³-hybridized carbons (Fsp3) is 0.600. The molecular formula is C15H21NO2. The van der Waals surface area contributed by atoms with Crippen molar-refractivity contribution in [2.45, 2.75) is 50.3 Å². The minimum absolute atomic E-state index is 0.189. The number of ether oxygens (including phenoxy) is 1. The smallest absolute Gasteiger partial charge is 0.120 e. The molecule has 1 aliphatic carbocycles. The first kappa shape index (κ1) is 12.0. The van der Waals surface area contributed by atoms with Gasteiger partial charge in [0.2, 0.25) is 0 Å². The summed E-state index contributed by atoms with van der Waals surface area (Å²) in [6.07, 6.45) is 5.96. The van der Waals surface area contributed by atoms with Crippen molar-refractivity contribution in [2.75, 3.05) is 6.61 Å². The van der Waals surface area contributed by atoms with Crippen LogP contribution >= 0.6 is 0 Å². The van der Waals surface area contributed by atoms with Crippen molar-refractivity contribution in [2.24, 2.45) is 0 Å². The van der Waals surface area contributed by atoms with Gasteiger partial charge in [0.1, 0.15) is 5.75 Å². The molecule has 2 N–H and O–H groups in total. The van der Waals surface area contributed by atoms with Gasteiger partial charge >= 0.3 is 0 Å². The Kier molecular flexibility index (Phi) is 3.27. The number of aromatic hydroxyl groups is 1. The van der Waals surface area contributed by atoms with Crippen LogP contribution in [0, 0.1) is 0 Å². The topological polar surface area (TPSA) is 41.5 Å². The number of para-hydroxylation sites is 1. The molecule has 3 rings (SSSR count). The van der Waals surface area contributed by atoms with Gasteiger partial charge in [-0.2, -0.15) is 0 Å². The van der Waals surface area contributed by atoms with Gasteiger partial charge in [-0.25, -0.2) is 0 Å². The highest BCUT2D eigenvalue weighted by Crippen LogP contribution is 2.42. The van der Waals surface area contributed by atoms with Crippen molar-refractivity contribution in [3.05, 3.63) is 29.8 Å². The highest BCUT2D eigenvalue weighted by Gasteiger charge is 2.42. The van der Waals surface area contributed by atoms with Gasteiger partial charge < -0.3 is 15.2 Å². The van der Waals surface area contributed by atoms with Crippen molar-refractivity contribution in [1.29, 1.82) is 0 Å². The summed E-state index contributed by atoms with van der Waals surface area (Å²) < 4.78 is 5.92. The average molecular weight is 247 g/mol. The third-order valence-electron chi connectivity index (χ3n) is 4.33. The van der Waals surface area contributed by atoms with E-state index in [1.807, 2.05) is 18.2 Å². The number of benzene rings is 1. The van der Waals surface area contributed by atoms with Crippen LogP contribution in [0.25, 0.3) is 0 Å². The molecule has 3 nitrogen and oxygen atoms in total. The largest absolute Gasteiger partial charge is 0.508 e. The molecule has 1 saturated heterocycles. The fourth-order valence-electron chi connectivity index (χ4n) is 3.04. The molecule has 1 aliphatic heterocycles. The summed E-state index contributed by atoms with van der Waals surface area (Å²) >= 11 is 0. The summed E-state index contributed by atoms with van der Waals surface area (Å²) in [5.74, 6) is 0.385. The minimum atomic E-state index is 0.189. The maximum atomic E-state index is 9.74. The lowest BCUT2D eigenvalue weighted by Gasteiger charge is -2.47. The molecule has 0 bridgehead atoms. The van der Waals surface area contributed by atoms with Gasteiger partial charge in [0.15, 0.2) is 0 Å². The van der Waals surface area contributed by atoms with Crippen molar-refractivity contribution in [3.63, 3.8) is 0 Å². The molecule has 1 aromatic rings. The van der Waals surface area contributed by atoms with Crippen LogP contribution in [0.5, 0.6) is 5.75 Å². The highest BCUT2D eigenvalue weighted by atomic mass is 16.5. The van der Waals surface area contributed by atoms with Gasteiger partial charge in [-0.05, 0) is 38.2 Å². The fourth-order valence-corrected chi connectivity index (χ4v) is 3.04. The van der Waals surface area contributed by atoms with Crippen LogP contribution in [0.3, 0.4) is 0 Å². The monoisotopic (exact) mass is 247 g/mol. The van der Waals surface area contributed by atoms with Crippen LogP contribution in [0.2, 0.25) is 0 Å². The molecule has 2 aliphatic rings. The summed E-state index contributed by atoms with van der Waals surface area (Å²) in [5.41, 5.74) is 1.17. The predicted molar refractivity (Wildman–Crippen MR) is 70.5 cm³/mol. The lowest BCUT2D eigenvalue weighted by molar-refractivity contribution is -0.135. The van der Waals surface area contributed by atoms with Crippen LogP contribution < -0.4 is 5.32 Å². The van der Waals surface area contributed by atoms with Crippen molar-refractivity contribution >= 4 is 0 Å². The van der Waals surface area contributed by atoms with Gasteiger partial charge in [-0.1, -0.05) is 18.2 Å². The standard InChI is InChI=1S/C15H21NO2/c17-14-5-2-1-4-12(14)11-16-13-6-9-18-15(10-13)7-3-8-15/h1-2,4-5,13,16-17H,3,6-11H2. The van der Waals surface area contributed by atoms with E-state index in [2.05, 4.69) is 5.32 Å². The quantitative estimate of drug-likeness (QED) is 0.862. The highest BCUT2D eigenvalue weighted by molar-refractivity contribution is 5.31. The molecule has 98 valence electrons. The Labute approximate surface area is 108 Å². The van der Waals surface area contributed by atoms with Crippen LogP contribution in [-0.4, -0.2) is 23.4 Å². The van der Waals surface area contributed by atoms with Crippen molar-refractivity contribution in [3.8, 4) is 5.75 Å². The third-order valence-corrected chi connectivity index (χ3v) is 4.33. The number of hydrogen-bond donors (Lipinski definition) is 2. The van der Waals surface area contributed by atoms with Crippen LogP contribution in [0.15, 0.2) is 24.3 Å². The first-order chi connectivity index (χ1) is 8.77. The van der Waals surface area contributed by atoms with E-state index in [4.69, 9.17) is 4.74 Å². The number of rotatable bonds is 3. The third kappa shape index (κ3) is 2.38. The zero-order valence-electron chi connectivity index (χ0n) is 10.7. The molecule has 1 spiro atoms. The minimum Gasteiger partial charge on any atom is -0.508 e. The molecule has 0 radical (unpaired) electrons. The number of phenolic OH excluding ortho intramolecular Hbond substituents is 1. The van der Waals surface area contributed by atoms with Crippen LogP contribution in [-0.2, 0) is 11.3 Å². The van der Waals surface area contributed by atoms with E-state index in [0.29, 0.717) is 11.8 Å². The SMILES string of the molecule is Oc1ccccc1CNC1CCOC2(CCC2)C1. The van der Waals surface area contributed by atoms with E-state index < -0.39 is 0 Å². The molecule has 1 atom stereocenters. The zero-order chi connectivity index (χ0) is 12.4. The zero-order valence-corrected chi connectivity index (χ0v) is 10.7. The molecule has 0 aromatic heterocycles. The van der Waals surface area contributed by atoms with Crippen LogP contribution in [0.4, 0.5) is 0 Å². The second kappa shape index (κ2) is 4.90. The van der Waals surface area contributed by atoms with Crippen molar-refractivity contribution in [1.82, 2.24) is 5.32 Å². The number of phenols is 1. The maximum Gasteiger partial charge on any atom is 0.120 e. The van der Waals surface area contributed by atoms with E-state index in [-0.39, 0.29) is 5.60 Å². The summed E-state index contributed by atoms with van der Waals surface area (Å²) in [4.78, 5) is 0. The lowest BCUT2D eigenvalue weighted by atomic mass is 9.74. The molecule has 2 fully saturated rings. The lowest BCUT2D eigenvalue weighted by Crippen LogP contribution is -2.50. The molecular weight excluding hydrogens is 226 g/mol. The Hall–Kier alpha value is -1.06. The Morgan fingerprint density at radius 2 is 2.17 bits per heavy atom. The molecule has 1 aromatic carbocycles. The molecule has 18 heavy (non-hydrogen) atoms. The van der Waals surface area contributed by atoms with Gasteiger partial charge in [0.05, 0.1) is 5.60 Å². The van der Waals surface area contributed by atoms with Crippen LogP contribution in [0.1, 0.15) is 37.7 Å². The second-order valence-electron chi connectivity index (χ2n) is 5.58. The van der Waals surface area contributed by atoms with E-state index in [0.717, 1.165) is 31.6 Å². The van der Waals surface area contributed by atoms with E-state index in [1.54, 1.807) is 6.07 Å². The molecule has 3 heteroatoms. The van der Waals surface area contributed by atoms with E-state index >= 15 is 0 Å². The molecule has 0 amide bonds. The number of hydrogen-bond acceptors (Lipinski definition) is 3. The summed E-state index contributed by atoms with van der Waals surface area (Å²) in [6, 6.07) is 8.07. The first-order valence-corrected chi connectivity index (χ1v) is 6.92. The Morgan fingerprint density at radius 3 is 2.89 bits per heavy atom. The van der Waals surface area contributed by atoms with Crippen molar-refractivity contribution < 1.29 is 9.84 Å². The van der Waals surface area contributed by atoms with Gasteiger partial charge in [0.25, 0.3) is 0 Å². The predicted octanol–water partition coefficient (Wildman–Crippen LogP) is 2.58. The summed E-state index contributed by atoms with van der Waals surface area (Å²) in [7, 11) is 0. The second-order valence-corrected chi connectivity index (χ2v) is 5.58. The Morgan fingerprint density at radius 1 is 1.33 bits per heavy atom. The van der Waals surface area contributed by atoms with Gasteiger partial charge in [0, 0.05) is 24.8 Å². The summed E-state index contributed by atoms with van der Waals surface area (Å²) in [6.45, 7) is 1.62. The molecule has 1 heterocycles. The molecule has 1 saturated carbocycles. The van der Waals surface area contributed by atoms with E-state index in [9.17, 15) is 5.11 Å². The molecule has 1 unspecified atom stereocenters.